The molecule has 114 valence electrons. The first kappa shape index (κ1) is 16.3. The van der Waals surface area contributed by atoms with E-state index in [0.29, 0.717) is 10.9 Å². The molecule has 0 bridgehead atoms. The van der Waals surface area contributed by atoms with Crippen molar-refractivity contribution in [2.45, 2.75) is 32.6 Å². The lowest BCUT2D eigenvalue weighted by Gasteiger charge is -2.19. The Balaban J connectivity index is 1.83. The quantitative estimate of drug-likeness (QED) is 0.778. The number of carbonyl (C=O) groups excluding carboxylic acids is 1. The SMILES string of the molecule is C[C@@H]1CCCC/C1=N\NC(=O)CNc1ccc(Cl)cc1Br. The largest absolute Gasteiger partial charge is 0.375 e. The summed E-state index contributed by atoms with van der Waals surface area (Å²) in [6.45, 7) is 2.33. The molecule has 0 radical (unpaired) electrons. The number of hydrogen-bond donors (Lipinski definition) is 2. The number of hydrazone groups is 1. The van der Waals surface area contributed by atoms with Crippen LogP contribution in [0.5, 0.6) is 0 Å². The number of nitrogens with one attached hydrogen (secondary N) is 2. The fraction of sp³-hybridized carbons (Fsp3) is 0.467. The molecule has 0 aliphatic heterocycles. The number of anilines is 1. The first-order valence-corrected chi connectivity index (χ1v) is 8.27. The number of benzene rings is 1. The fourth-order valence-corrected chi connectivity index (χ4v) is 3.14. The Morgan fingerprint density at radius 1 is 1.48 bits per heavy atom. The third-order valence-electron chi connectivity index (χ3n) is 3.58. The van der Waals surface area contributed by atoms with Gasteiger partial charge in [0.25, 0.3) is 5.91 Å². The van der Waals surface area contributed by atoms with Crippen LogP contribution in [-0.2, 0) is 4.79 Å². The van der Waals surface area contributed by atoms with Crippen LogP contribution in [0.3, 0.4) is 0 Å². The lowest BCUT2D eigenvalue weighted by molar-refractivity contribution is -0.119. The number of carbonyl (C=O) groups is 1. The molecule has 1 aliphatic carbocycles. The van der Waals surface area contributed by atoms with Crippen molar-refractivity contribution in [3.8, 4) is 0 Å². The lowest BCUT2D eigenvalue weighted by atomic mass is 9.89. The van der Waals surface area contributed by atoms with E-state index in [0.717, 1.165) is 35.1 Å². The average molecular weight is 373 g/mol. The van der Waals surface area contributed by atoms with Gasteiger partial charge in [-0.25, -0.2) is 5.43 Å². The Labute approximate surface area is 138 Å². The monoisotopic (exact) mass is 371 g/mol. The molecule has 2 N–H and O–H groups in total. The molecule has 0 heterocycles. The molecule has 4 nitrogen and oxygen atoms in total. The van der Waals surface area contributed by atoms with Gasteiger partial charge in [0.05, 0.1) is 6.54 Å². The molecule has 1 aliphatic rings. The van der Waals surface area contributed by atoms with Gasteiger partial charge < -0.3 is 5.32 Å². The van der Waals surface area contributed by atoms with Crippen molar-refractivity contribution in [3.63, 3.8) is 0 Å². The molecule has 1 atom stereocenters. The zero-order chi connectivity index (χ0) is 15.2. The average Bonchev–Trinajstić information content (AvgIpc) is 2.45. The van der Waals surface area contributed by atoms with Gasteiger partial charge in [0, 0.05) is 20.9 Å². The van der Waals surface area contributed by atoms with E-state index in [1.165, 1.54) is 6.42 Å². The van der Waals surface area contributed by atoms with E-state index in [1.807, 2.05) is 6.07 Å². The summed E-state index contributed by atoms with van der Waals surface area (Å²) < 4.78 is 0.829. The summed E-state index contributed by atoms with van der Waals surface area (Å²) in [4.78, 5) is 11.8. The first-order chi connectivity index (χ1) is 10.1. The van der Waals surface area contributed by atoms with Crippen molar-refractivity contribution in [1.29, 1.82) is 0 Å². The summed E-state index contributed by atoms with van der Waals surface area (Å²) in [5, 5.41) is 7.96. The number of nitrogens with zero attached hydrogens (tertiary/aromatic N) is 1. The van der Waals surface area contributed by atoms with Gasteiger partial charge in [0.2, 0.25) is 0 Å². The van der Waals surface area contributed by atoms with Crippen LogP contribution in [-0.4, -0.2) is 18.2 Å². The number of hydrogen-bond acceptors (Lipinski definition) is 3. The van der Waals surface area contributed by atoms with Gasteiger partial charge in [-0.2, -0.15) is 5.10 Å². The highest BCUT2D eigenvalue weighted by Crippen LogP contribution is 2.25. The van der Waals surface area contributed by atoms with Crippen molar-refractivity contribution in [1.82, 2.24) is 5.43 Å². The third-order valence-corrected chi connectivity index (χ3v) is 4.47. The van der Waals surface area contributed by atoms with Crippen LogP contribution in [0.1, 0.15) is 32.6 Å². The van der Waals surface area contributed by atoms with Crippen LogP contribution in [0.25, 0.3) is 0 Å². The molecule has 21 heavy (non-hydrogen) atoms. The van der Waals surface area contributed by atoms with Crippen LogP contribution < -0.4 is 10.7 Å². The van der Waals surface area contributed by atoms with Gasteiger partial charge in [-0.05, 0) is 59.3 Å². The van der Waals surface area contributed by atoms with E-state index in [4.69, 9.17) is 11.6 Å². The molecular formula is C15H19BrClN3O. The predicted molar refractivity (Wildman–Crippen MR) is 90.9 cm³/mol. The normalized spacial score (nSPS) is 20.3. The third kappa shape index (κ3) is 5.00. The molecule has 1 fully saturated rings. The molecule has 0 saturated heterocycles. The number of halogens is 2. The minimum atomic E-state index is -0.151. The summed E-state index contributed by atoms with van der Waals surface area (Å²) in [6.07, 6.45) is 4.55. The Hall–Kier alpha value is -1.07. The Bertz CT molecular complexity index is 548. The maximum Gasteiger partial charge on any atom is 0.259 e. The minimum absolute atomic E-state index is 0.151. The molecular weight excluding hydrogens is 354 g/mol. The summed E-state index contributed by atoms with van der Waals surface area (Å²) in [5.41, 5.74) is 4.56. The van der Waals surface area contributed by atoms with E-state index in [9.17, 15) is 4.79 Å². The molecule has 0 aromatic heterocycles. The molecule has 1 aromatic carbocycles. The van der Waals surface area contributed by atoms with Gasteiger partial charge in [-0.1, -0.05) is 24.9 Å². The summed E-state index contributed by atoms with van der Waals surface area (Å²) in [5.74, 6) is 0.319. The smallest absolute Gasteiger partial charge is 0.259 e. The zero-order valence-corrected chi connectivity index (χ0v) is 14.3. The van der Waals surface area contributed by atoms with Crippen molar-refractivity contribution >= 4 is 44.8 Å². The number of amides is 1. The van der Waals surface area contributed by atoms with Gasteiger partial charge in [-0.15, -0.1) is 0 Å². The molecule has 2 rings (SSSR count). The standard InChI is InChI=1S/C15H19BrClN3O/c1-10-4-2-3-5-13(10)19-20-15(21)9-18-14-7-6-11(17)8-12(14)16/h6-8,10,18H,2-5,9H2,1H3,(H,20,21)/b19-13+/t10-/m1/s1. The van der Waals surface area contributed by atoms with Crippen LogP contribution in [0.4, 0.5) is 5.69 Å². The second-order valence-electron chi connectivity index (χ2n) is 5.26. The van der Waals surface area contributed by atoms with E-state index in [1.54, 1.807) is 12.1 Å². The molecule has 0 unspecified atom stereocenters. The molecule has 1 aromatic rings. The molecule has 0 spiro atoms. The first-order valence-electron chi connectivity index (χ1n) is 7.10. The van der Waals surface area contributed by atoms with Crippen LogP contribution in [0.2, 0.25) is 5.02 Å². The van der Waals surface area contributed by atoms with Gasteiger partial charge in [-0.3, -0.25) is 4.79 Å². The molecule has 1 saturated carbocycles. The summed E-state index contributed by atoms with van der Waals surface area (Å²) in [7, 11) is 0. The predicted octanol–water partition coefficient (Wildman–Crippen LogP) is 4.20. The second kappa shape index (κ2) is 7.80. The summed E-state index contributed by atoms with van der Waals surface area (Å²) in [6, 6.07) is 5.39. The van der Waals surface area contributed by atoms with Crippen molar-refractivity contribution in [3.05, 3.63) is 27.7 Å². The van der Waals surface area contributed by atoms with Crippen LogP contribution >= 0.6 is 27.5 Å². The zero-order valence-electron chi connectivity index (χ0n) is 12.0. The van der Waals surface area contributed by atoms with Gasteiger partial charge in [0.1, 0.15) is 0 Å². The highest BCUT2D eigenvalue weighted by molar-refractivity contribution is 9.10. The Kier molecular flexibility index (Phi) is 6.06. The summed E-state index contributed by atoms with van der Waals surface area (Å²) >= 11 is 9.27. The highest BCUT2D eigenvalue weighted by Gasteiger charge is 2.16. The van der Waals surface area contributed by atoms with E-state index in [2.05, 4.69) is 38.7 Å². The van der Waals surface area contributed by atoms with Crippen molar-refractivity contribution in [2.75, 3.05) is 11.9 Å². The molecule has 6 heteroatoms. The van der Waals surface area contributed by atoms with Crippen molar-refractivity contribution < 1.29 is 4.79 Å². The van der Waals surface area contributed by atoms with Crippen LogP contribution in [0, 0.1) is 5.92 Å². The Morgan fingerprint density at radius 3 is 3.00 bits per heavy atom. The number of rotatable bonds is 4. The second-order valence-corrected chi connectivity index (χ2v) is 6.55. The molecule has 1 amide bonds. The Morgan fingerprint density at radius 2 is 2.29 bits per heavy atom. The lowest BCUT2D eigenvalue weighted by Crippen LogP contribution is -2.29. The van der Waals surface area contributed by atoms with Crippen LogP contribution in [0.15, 0.2) is 27.8 Å². The van der Waals surface area contributed by atoms with E-state index in [-0.39, 0.29) is 12.5 Å². The minimum Gasteiger partial charge on any atom is -0.375 e. The van der Waals surface area contributed by atoms with Gasteiger partial charge in [0.15, 0.2) is 0 Å². The van der Waals surface area contributed by atoms with Gasteiger partial charge >= 0.3 is 0 Å². The van der Waals surface area contributed by atoms with E-state index < -0.39 is 0 Å². The fourth-order valence-electron chi connectivity index (χ4n) is 2.32. The van der Waals surface area contributed by atoms with Crippen molar-refractivity contribution in [2.24, 2.45) is 11.0 Å². The van der Waals surface area contributed by atoms with E-state index >= 15 is 0 Å². The highest BCUT2D eigenvalue weighted by atomic mass is 79.9. The maximum absolute atomic E-state index is 11.8. The topological polar surface area (TPSA) is 53.5 Å². The maximum atomic E-state index is 11.8.